The fraction of sp³-hybridized carbons (Fsp3) is 0.474. The number of halogens is 2. The molecule has 154 valence electrons. The van der Waals surface area contributed by atoms with Gasteiger partial charge in [-0.15, -0.1) is 24.0 Å². The first-order valence-corrected chi connectivity index (χ1v) is 9.58. The molecule has 1 atom stereocenters. The summed E-state index contributed by atoms with van der Waals surface area (Å²) in [5.74, 6) is 1.67. The van der Waals surface area contributed by atoms with E-state index in [1.54, 1.807) is 13.3 Å². The third-order valence-corrected chi connectivity index (χ3v) is 4.91. The van der Waals surface area contributed by atoms with Gasteiger partial charge in [-0.3, -0.25) is 4.68 Å². The number of hydrogen-bond donors (Lipinski definition) is 2. The Bertz CT molecular complexity index is 796. The van der Waals surface area contributed by atoms with E-state index in [9.17, 15) is 0 Å². The number of aromatic nitrogens is 2. The molecule has 2 aromatic rings. The number of hydrogen-bond acceptors (Lipinski definition) is 4. The van der Waals surface area contributed by atoms with Crippen molar-refractivity contribution in [1.82, 2.24) is 20.4 Å². The van der Waals surface area contributed by atoms with Crippen LogP contribution < -0.4 is 20.3 Å². The topological polar surface area (TPSA) is 66.7 Å². The van der Waals surface area contributed by atoms with Gasteiger partial charge >= 0.3 is 0 Å². The lowest BCUT2D eigenvalue weighted by Gasteiger charge is -2.22. The van der Waals surface area contributed by atoms with Crippen LogP contribution in [0.25, 0.3) is 0 Å². The molecule has 1 aromatic carbocycles. The second kappa shape index (κ2) is 10.8. The lowest BCUT2D eigenvalue weighted by atomic mass is 10.2. The molecule has 0 spiro atoms. The predicted octanol–water partition coefficient (Wildman–Crippen LogP) is 3.03. The molecule has 0 radical (unpaired) electrons. The molecular weight excluding hydrogens is 491 g/mol. The minimum Gasteiger partial charge on any atom is -0.495 e. The summed E-state index contributed by atoms with van der Waals surface area (Å²) < 4.78 is 7.34. The number of aliphatic imine (C=N–C) groups is 1. The predicted molar refractivity (Wildman–Crippen MR) is 125 cm³/mol. The van der Waals surface area contributed by atoms with Gasteiger partial charge in [0.05, 0.1) is 25.0 Å². The molecule has 3 rings (SSSR count). The average Bonchev–Trinajstić information content (AvgIpc) is 3.29. The molecule has 1 aliphatic rings. The first kappa shape index (κ1) is 22.6. The van der Waals surface area contributed by atoms with Crippen LogP contribution in [0.1, 0.15) is 19.0 Å². The molecule has 1 fully saturated rings. The average molecular weight is 519 g/mol. The molecular formula is C19H28ClIN6O. The molecule has 1 aromatic heterocycles. The smallest absolute Gasteiger partial charge is 0.191 e. The summed E-state index contributed by atoms with van der Waals surface area (Å²) in [7, 11) is 3.62. The molecule has 7 nitrogen and oxygen atoms in total. The van der Waals surface area contributed by atoms with E-state index in [1.807, 2.05) is 36.0 Å². The highest BCUT2D eigenvalue weighted by Gasteiger charge is 2.25. The van der Waals surface area contributed by atoms with Crippen molar-refractivity contribution in [2.24, 2.45) is 12.0 Å². The standard InChI is InChI=1S/C19H27ClN6O.HI/c1-4-21-19(22-12-16-7-9-23-25(16)2)24-15-8-10-26(13-15)17-11-14(20)5-6-18(17)27-3;/h5-7,9,11,15H,4,8,10,12-13H2,1-3H3,(H2,21,22,24);1H. The van der Waals surface area contributed by atoms with Gasteiger partial charge < -0.3 is 20.3 Å². The molecule has 28 heavy (non-hydrogen) atoms. The Labute approximate surface area is 188 Å². The van der Waals surface area contributed by atoms with Crippen molar-refractivity contribution in [1.29, 1.82) is 0 Å². The lowest BCUT2D eigenvalue weighted by Crippen LogP contribution is -2.44. The Morgan fingerprint density at radius 1 is 1.39 bits per heavy atom. The Kier molecular flexibility index (Phi) is 8.68. The van der Waals surface area contributed by atoms with Crippen molar-refractivity contribution in [3.8, 4) is 5.75 Å². The van der Waals surface area contributed by atoms with Crippen molar-refractivity contribution in [2.45, 2.75) is 25.9 Å². The molecule has 0 amide bonds. The van der Waals surface area contributed by atoms with Crippen LogP contribution in [-0.2, 0) is 13.6 Å². The highest BCUT2D eigenvalue weighted by atomic mass is 127. The monoisotopic (exact) mass is 518 g/mol. The number of nitrogens with one attached hydrogen (secondary N) is 2. The summed E-state index contributed by atoms with van der Waals surface area (Å²) in [6.45, 7) is 5.28. The van der Waals surface area contributed by atoms with Crippen LogP contribution in [0.4, 0.5) is 5.69 Å². The van der Waals surface area contributed by atoms with Crippen LogP contribution in [0.2, 0.25) is 5.02 Å². The summed E-state index contributed by atoms with van der Waals surface area (Å²) in [4.78, 5) is 6.99. The molecule has 0 bridgehead atoms. The summed E-state index contributed by atoms with van der Waals surface area (Å²) in [6, 6.07) is 8.01. The number of anilines is 1. The van der Waals surface area contributed by atoms with Gasteiger partial charge in [0.25, 0.3) is 0 Å². The van der Waals surface area contributed by atoms with E-state index in [1.165, 1.54) is 0 Å². The van der Waals surface area contributed by atoms with Gasteiger partial charge in [0.1, 0.15) is 5.75 Å². The second-order valence-electron chi connectivity index (χ2n) is 6.53. The number of methoxy groups -OCH3 is 1. The largest absolute Gasteiger partial charge is 0.495 e. The maximum Gasteiger partial charge on any atom is 0.191 e. The summed E-state index contributed by atoms with van der Waals surface area (Å²) >= 11 is 6.18. The van der Waals surface area contributed by atoms with E-state index in [0.29, 0.717) is 17.6 Å². The van der Waals surface area contributed by atoms with Gasteiger partial charge in [0.2, 0.25) is 0 Å². The number of rotatable bonds is 6. The maximum atomic E-state index is 6.18. The zero-order valence-corrected chi connectivity index (χ0v) is 19.6. The second-order valence-corrected chi connectivity index (χ2v) is 6.97. The first-order chi connectivity index (χ1) is 13.1. The van der Waals surface area contributed by atoms with Crippen molar-refractivity contribution in [2.75, 3.05) is 31.6 Å². The van der Waals surface area contributed by atoms with Gasteiger partial charge in [-0.25, -0.2) is 4.99 Å². The minimum atomic E-state index is 0. The molecule has 0 saturated carbocycles. The molecule has 0 aliphatic carbocycles. The Morgan fingerprint density at radius 3 is 2.89 bits per heavy atom. The number of ether oxygens (including phenoxy) is 1. The van der Waals surface area contributed by atoms with Crippen molar-refractivity contribution >= 4 is 47.2 Å². The third-order valence-electron chi connectivity index (χ3n) is 4.68. The maximum absolute atomic E-state index is 6.18. The summed E-state index contributed by atoms with van der Waals surface area (Å²) in [5.41, 5.74) is 2.11. The van der Waals surface area contributed by atoms with Gasteiger partial charge in [-0.1, -0.05) is 11.6 Å². The summed E-state index contributed by atoms with van der Waals surface area (Å²) in [5, 5.41) is 11.8. The van der Waals surface area contributed by atoms with Crippen molar-refractivity contribution in [3.63, 3.8) is 0 Å². The number of nitrogens with zero attached hydrogens (tertiary/aromatic N) is 4. The van der Waals surface area contributed by atoms with E-state index in [2.05, 4.69) is 27.6 Å². The van der Waals surface area contributed by atoms with Gasteiger partial charge in [-0.05, 0) is 37.6 Å². The van der Waals surface area contributed by atoms with Gasteiger partial charge in [-0.2, -0.15) is 5.10 Å². The van der Waals surface area contributed by atoms with Crippen LogP contribution in [0.5, 0.6) is 5.75 Å². The molecule has 2 heterocycles. The Balaban J connectivity index is 0.00000280. The molecule has 1 saturated heterocycles. The number of benzene rings is 1. The van der Waals surface area contributed by atoms with Crippen LogP contribution in [0, 0.1) is 0 Å². The zero-order chi connectivity index (χ0) is 19.2. The van der Waals surface area contributed by atoms with Crippen LogP contribution in [-0.4, -0.2) is 48.5 Å². The SMILES string of the molecule is CCNC(=NCc1ccnn1C)NC1CCN(c2cc(Cl)ccc2OC)C1.I. The van der Waals surface area contributed by atoms with E-state index < -0.39 is 0 Å². The molecule has 9 heteroatoms. The van der Waals surface area contributed by atoms with Gasteiger partial charge in [0.15, 0.2) is 5.96 Å². The fourth-order valence-corrected chi connectivity index (χ4v) is 3.40. The zero-order valence-electron chi connectivity index (χ0n) is 16.5. The Morgan fingerprint density at radius 2 is 2.21 bits per heavy atom. The van der Waals surface area contributed by atoms with E-state index >= 15 is 0 Å². The Hall–Kier alpha value is -1.68. The fourth-order valence-electron chi connectivity index (χ4n) is 3.24. The minimum absolute atomic E-state index is 0. The third kappa shape index (κ3) is 5.66. The first-order valence-electron chi connectivity index (χ1n) is 9.21. The van der Waals surface area contributed by atoms with E-state index in [0.717, 1.165) is 49.1 Å². The van der Waals surface area contributed by atoms with E-state index in [4.69, 9.17) is 21.3 Å². The number of aryl methyl sites for hydroxylation is 1. The molecule has 2 N–H and O–H groups in total. The molecule has 1 aliphatic heterocycles. The van der Waals surface area contributed by atoms with Crippen molar-refractivity contribution < 1.29 is 4.74 Å². The normalized spacial score (nSPS) is 16.6. The highest BCUT2D eigenvalue weighted by Crippen LogP contribution is 2.33. The van der Waals surface area contributed by atoms with E-state index in [-0.39, 0.29) is 24.0 Å². The van der Waals surface area contributed by atoms with Crippen LogP contribution in [0.15, 0.2) is 35.5 Å². The number of guanidine groups is 1. The molecule has 1 unspecified atom stereocenters. The van der Waals surface area contributed by atoms with Gasteiger partial charge in [0, 0.05) is 43.9 Å². The summed E-state index contributed by atoms with van der Waals surface area (Å²) in [6.07, 6.45) is 2.81. The van der Waals surface area contributed by atoms with Crippen LogP contribution >= 0.6 is 35.6 Å². The quantitative estimate of drug-likeness (QED) is 0.350. The van der Waals surface area contributed by atoms with Crippen LogP contribution in [0.3, 0.4) is 0 Å². The highest BCUT2D eigenvalue weighted by molar-refractivity contribution is 14.0. The van der Waals surface area contributed by atoms with Crippen molar-refractivity contribution in [3.05, 3.63) is 41.2 Å². The lowest BCUT2D eigenvalue weighted by molar-refractivity contribution is 0.415.